The highest BCUT2D eigenvalue weighted by Crippen LogP contribution is 2.24. The lowest BCUT2D eigenvalue weighted by Gasteiger charge is -2.04. The van der Waals surface area contributed by atoms with E-state index in [1.54, 1.807) is 11.8 Å². The Morgan fingerprint density at radius 1 is 1.12 bits per heavy atom. The van der Waals surface area contributed by atoms with Gasteiger partial charge in [-0.25, -0.2) is 0 Å². The number of hydrogen-bond acceptors (Lipinski definition) is 4. The Hall–Kier alpha value is -1.63. The van der Waals surface area contributed by atoms with Crippen molar-refractivity contribution in [3.05, 3.63) is 63.6 Å². The Morgan fingerprint density at radius 3 is 2.50 bits per heavy atom. The van der Waals surface area contributed by atoms with Crippen LogP contribution in [-0.2, 0) is 7.05 Å². The Bertz CT molecular complexity index is 894. The number of hydrogen-bond donors (Lipinski definition) is 0. The van der Waals surface area contributed by atoms with Gasteiger partial charge in [0.05, 0.1) is 0 Å². The van der Waals surface area contributed by atoms with Crippen LogP contribution < -0.4 is 0 Å². The number of halogens is 2. The molecule has 0 aliphatic heterocycles. The van der Waals surface area contributed by atoms with Gasteiger partial charge in [-0.05, 0) is 42.8 Å². The molecule has 1 aromatic heterocycles. The number of aromatic nitrogens is 3. The van der Waals surface area contributed by atoms with Crippen LogP contribution in [0.15, 0.2) is 58.2 Å². The zero-order valence-corrected chi connectivity index (χ0v) is 17.3. The van der Waals surface area contributed by atoms with Gasteiger partial charge in [0, 0.05) is 39.8 Å². The van der Waals surface area contributed by atoms with Gasteiger partial charge in [0.25, 0.3) is 0 Å². The first-order chi connectivity index (χ1) is 12.5. The lowest BCUT2D eigenvalue weighted by Crippen LogP contribution is -2.00. The Kier molecular flexibility index (Phi) is 6.51. The molecule has 0 N–H and O–H groups in total. The summed E-state index contributed by atoms with van der Waals surface area (Å²) in [7, 11) is 1.94. The molecule has 0 amide bonds. The third-order valence-electron chi connectivity index (χ3n) is 3.88. The summed E-state index contributed by atoms with van der Waals surface area (Å²) in [4.78, 5) is 12.2. The summed E-state index contributed by atoms with van der Waals surface area (Å²) in [5.74, 6) is 1.78. The lowest BCUT2D eigenvalue weighted by atomic mass is 10.1. The molecular formula is C19H17BrClN3OS. The minimum absolute atomic E-state index is 0.165. The minimum Gasteiger partial charge on any atom is -0.305 e. The maximum atomic E-state index is 12.2. The fourth-order valence-corrected chi connectivity index (χ4v) is 3.71. The zero-order valence-electron chi connectivity index (χ0n) is 14.2. The molecule has 2 aromatic carbocycles. The van der Waals surface area contributed by atoms with Gasteiger partial charge in [-0.15, -0.1) is 10.2 Å². The first kappa shape index (κ1) is 19.1. The number of ketones is 1. The van der Waals surface area contributed by atoms with Gasteiger partial charge in [0.2, 0.25) is 0 Å². The first-order valence-corrected chi connectivity index (χ1v) is 10.3. The monoisotopic (exact) mass is 449 g/mol. The number of nitrogens with zero attached hydrogens (tertiary/aromatic N) is 3. The van der Waals surface area contributed by atoms with Gasteiger partial charge in [0.1, 0.15) is 0 Å². The molecule has 0 bridgehead atoms. The van der Waals surface area contributed by atoms with E-state index in [1.165, 1.54) is 0 Å². The highest BCUT2D eigenvalue weighted by Gasteiger charge is 2.12. The van der Waals surface area contributed by atoms with E-state index < -0.39 is 0 Å². The van der Waals surface area contributed by atoms with E-state index in [-0.39, 0.29) is 5.78 Å². The van der Waals surface area contributed by atoms with E-state index in [1.807, 2.05) is 60.1 Å². The van der Waals surface area contributed by atoms with Crippen LogP contribution in [0.1, 0.15) is 23.2 Å². The quantitative estimate of drug-likeness (QED) is 0.265. The van der Waals surface area contributed by atoms with Crippen LogP contribution in [0, 0.1) is 0 Å². The second kappa shape index (κ2) is 8.84. The summed E-state index contributed by atoms with van der Waals surface area (Å²) in [6.07, 6.45) is 1.32. The van der Waals surface area contributed by atoms with Crippen molar-refractivity contribution in [2.75, 3.05) is 5.75 Å². The van der Waals surface area contributed by atoms with Crippen molar-refractivity contribution in [2.24, 2.45) is 7.05 Å². The van der Waals surface area contributed by atoms with Gasteiger partial charge < -0.3 is 4.57 Å². The van der Waals surface area contributed by atoms with Crippen molar-refractivity contribution in [1.29, 1.82) is 0 Å². The number of carbonyl (C=O) groups excluding carboxylic acids is 1. The largest absolute Gasteiger partial charge is 0.305 e. The van der Waals surface area contributed by atoms with E-state index in [4.69, 9.17) is 11.6 Å². The molecule has 0 saturated heterocycles. The second-order valence-corrected chi connectivity index (χ2v) is 8.17. The fraction of sp³-hybridized carbons (Fsp3) is 0.211. The highest BCUT2D eigenvalue weighted by molar-refractivity contribution is 9.10. The molecule has 0 spiro atoms. The number of thioether (sulfide) groups is 1. The average Bonchev–Trinajstić information content (AvgIpc) is 3.00. The smallest absolute Gasteiger partial charge is 0.191 e. The molecule has 0 saturated carbocycles. The fourth-order valence-electron chi connectivity index (χ4n) is 2.47. The standard InChI is InChI=1S/C19H17BrClN3OS/c1-24-18(14-6-10-16(21)11-7-14)22-23-19(24)26-12-2-3-17(25)13-4-8-15(20)9-5-13/h4-11H,2-3,12H2,1H3. The second-order valence-electron chi connectivity index (χ2n) is 5.75. The van der Waals surface area contributed by atoms with Crippen molar-refractivity contribution in [3.63, 3.8) is 0 Å². The van der Waals surface area contributed by atoms with Crippen LogP contribution in [0.5, 0.6) is 0 Å². The molecule has 0 atom stereocenters. The molecule has 0 aliphatic carbocycles. The first-order valence-electron chi connectivity index (χ1n) is 8.11. The molecule has 1 heterocycles. The van der Waals surface area contributed by atoms with Crippen LogP contribution in [0.4, 0.5) is 0 Å². The third kappa shape index (κ3) is 4.75. The third-order valence-corrected chi connectivity index (χ3v) is 5.77. The van der Waals surface area contributed by atoms with Crippen LogP contribution in [-0.4, -0.2) is 26.3 Å². The molecular weight excluding hydrogens is 434 g/mol. The van der Waals surface area contributed by atoms with Gasteiger partial charge in [-0.3, -0.25) is 4.79 Å². The Balaban J connectivity index is 1.53. The van der Waals surface area contributed by atoms with Gasteiger partial charge >= 0.3 is 0 Å². The van der Waals surface area contributed by atoms with Crippen molar-refractivity contribution in [3.8, 4) is 11.4 Å². The van der Waals surface area contributed by atoms with E-state index in [2.05, 4.69) is 26.1 Å². The average molecular weight is 451 g/mol. The van der Waals surface area contributed by atoms with Gasteiger partial charge in [-0.2, -0.15) is 0 Å². The van der Waals surface area contributed by atoms with Crippen molar-refractivity contribution >= 4 is 45.1 Å². The number of benzene rings is 2. The maximum absolute atomic E-state index is 12.2. The van der Waals surface area contributed by atoms with Gasteiger partial charge in [-0.1, -0.05) is 51.4 Å². The summed E-state index contributed by atoms with van der Waals surface area (Å²) in [6, 6.07) is 15.0. The van der Waals surface area contributed by atoms with Crippen molar-refractivity contribution in [1.82, 2.24) is 14.8 Å². The lowest BCUT2D eigenvalue weighted by molar-refractivity contribution is 0.0982. The van der Waals surface area contributed by atoms with E-state index in [0.717, 1.165) is 38.8 Å². The molecule has 7 heteroatoms. The Labute approximate surface area is 170 Å². The van der Waals surface area contributed by atoms with Crippen LogP contribution in [0.25, 0.3) is 11.4 Å². The summed E-state index contributed by atoms with van der Waals surface area (Å²) in [6.45, 7) is 0. The summed E-state index contributed by atoms with van der Waals surface area (Å²) < 4.78 is 2.94. The van der Waals surface area contributed by atoms with E-state index in [0.29, 0.717) is 11.4 Å². The molecule has 3 rings (SSSR count). The van der Waals surface area contributed by atoms with Crippen LogP contribution in [0.3, 0.4) is 0 Å². The summed E-state index contributed by atoms with van der Waals surface area (Å²) in [5, 5.41) is 10.0. The molecule has 0 aliphatic rings. The van der Waals surface area contributed by atoms with E-state index in [9.17, 15) is 4.79 Å². The molecule has 0 fully saturated rings. The predicted molar refractivity (Wildman–Crippen MR) is 110 cm³/mol. The normalized spacial score (nSPS) is 10.9. The highest BCUT2D eigenvalue weighted by atomic mass is 79.9. The summed E-state index contributed by atoms with van der Waals surface area (Å²) in [5.41, 5.74) is 1.73. The molecule has 134 valence electrons. The maximum Gasteiger partial charge on any atom is 0.191 e. The predicted octanol–water partition coefficient (Wildman–Crippen LogP) is 5.65. The Morgan fingerprint density at radius 2 is 1.81 bits per heavy atom. The molecule has 3 aromatic rings. The molecule has 0 radical (unpaired) electrons. The number of rotatable bonds is 7. The van der Waals surface area contributed by atoms with E-state index >= 15 is 0 Å². The van der Waals surface area contributed by atoms with Crippen LogP contribution >= 0.6 is 39.3 Å². The SMILES string of the molecule is Cn1c(SCCCC(=O)c2ccc(Br)cc2)nnc1-c1ccc(Cl)cc1. The van der Waals surface area contributed by atoms with Gasteiger partial charge in [0.15, 0.2) is 16.8 Å². The summed E-state index contributed by atoms with van der Waals surface area (Å²) >= 11 is 10.9. The molecule has 4 nitrogen and oxygen atoms in total. The minimum atomic E-state index is 0.165. The van der Waals surface area contributed by atoms with Crippen molar-refractivity contribution < 1.29 is 4.79 Å². The van der Waals surface area contributed by atoms with Crippen molar-refractivity contribution in [2.45, 2.75) is 18.0 Å². The number of Topliss-reactive ketones (excluding diaryl/α,β-unsaturated/α-hetero) is 1. The number of carbonyl (C=O) groups is 1. The molecule has 0 unspecified atom stereocenters. The molecule has 26 heavy (non-hydrogen) atoms. The van der Waals surface area contributed by atoms with Crippen LogP contribution in [0.2, 0.25) is 5.02 Å². The zero-order chi connectivity index (χ0) is 18.5. The topological polar surface area (TPSA) is 47.8 Å².